The van der Waals surface area contributed by atoms with Gasteiger partial charge in [-0.15, -0.1) is 0 Å². The standard InChI is InChI=1S/C5H12O4S.Na.H/c1-2-5-10(7,8)9-4-3-6;;/h6H,2-5H2,1H3;;/q;+1;-1. The fraction of sp³-hybridized carbons (Fsp3) is 1.00. The average Bonchev–Trinajstić information content (AvgIpc) is 1.84. The molecule has 11 heavy (non-hydrogen) atoms. The minimum absolute atomic E-state index is 0. The summed E-state index contributed by atoms with van der Waals surface area (Å²) in [5.74, 6) is 0.0208. The Bertz CT molecular complexity index is 170. The van der Waals surface area contributed by atoms with E-state index >= 15 is 0 Å². The summed E-state index contributed by atoms with van der Waals surface area (Å²) in [7, 11) is -3.35. The summed E-state index contributed by atoms with van der Waals surface area (Å²) < 4.78 is 25.7. The monoisotopic (exact) mass is 192 g/mol. The molecule has 4 nitrogen and oxygen atoms in total. The molecule has 0 aromatic rings. The molecule has 0 aromatic carbocycles. The van der Waals surface area contributed by atoms with Gasteiger partial charge in [0, 0.05) is 0 Å². The van der Waals surface area contributed by atoms with Crippen LogP contribution in [0, 0.1) is 0 Å². The smallest absolute Gasteiger partial charge is 1.00 e. The van der Waals surface area contributed by atoms with E-state index in [1.165, 1.54) is 0 Å². The second-order valence-corrected chi connectivity index (χ2v) is 3.57. The van der Waals surface area contributed by atoms with Gasteiger partial charge in [-0.25, -0.2) is 0 Å². The van der Waals surface area contributed by atoms with Crippen molar-refractivity contribution < 1.29 is 48.7 Å². The molecule has 0 saturated heterocycles. The second kappa shape index (κ2) is 7.52. The van der Waals surface area contributed by atoms with Gasteiger partial charge in [-0.05, 0) is 6.42 Å². The van der Waals surface area contributed by atoms with Crippen molar-refractivity contribution in [2.45, 2.75) is 13.3 Å². The summed E-state index contributed by atoms with van der Waals surface area (Å²) >= 11 is 0. The van der Waals surface area contributed by atoms with E-state index in [4.69, 9.17) is 5.11 Å². The van der Waals surface area contributed by atoms with E-state index in [-0.39, 0.29) is 50.0 Å². The summed E-state index contributed by atoms with van der Waals surface area (Å²) in [5, 5.41) is 8.21. The van der Waals surface area contributed by atoms with Crippen molar-refractivity contribution >= 4 is 10.1 Å². The van der Waals surface area contributed by atoms with Crippen molar-refractivity contribution in [3.8, 4) is 0 Å². The molecule has 1 N–H and O–H groups in total. The molecule has 0 aliphatic rings. The molecule has 0 heterocycles. The Labute approximate surface area is 90.8 Å². The zero-order valence-electron chi connectivity index (χ0n) is 7.91. The fourth-order valence-electron chi connectivity index (χ4n) is 0.473. The van der Waals surface area contributed by atoms with Gasteiger partial charge in [0.15, 0.2) is 0 Å². The van der Waals surface area contributed by atoms with Gasteiger partial charge in [0.2, 0.25) is 0 Å². The molecule has 0 atom stereocenters. The quantitative estimate of drug-likeness (QED) is 0.369. The molecular weight excluding hydrogens is 179 g/mol. The summed E-state index contributed by atoms with van der Waals surface area (Å²) in [6, 6.07) is 0. The van der Waals surface area contributed by atoms with E-state index in [0.717, 1.165) is 0 Å². The van der Waals surface area contributed by atoms with E-state index in [2.05, 4.69) is 4.18 Å². The van der Waals surface area contributed by atoms with E-state index in [0.29, 0.717) is 6.42 Å². The SMILES string of the molecule is CCCS(=O)(=O)OCCO.[H-].[Na+]. The number of hydrogen-bond donors (Lipinski definition) is 1. The first kappa shape index (κ1) is 14.4. The van der Waals surface area contributed by atoms with Crippen molar-refractivity contribution in [2.75, 3.05) is 19.0 Å². The van der Waals surface area contributed by atoms with Crippen LogP contribution in [0.5, 0.6) is 0 Å². The summed E-state index contributed by atoms with van der Waals surface area (Å²) in [5.41, 5.74) is 0. The molecule has 6 heteroatoms. The molecule has 0 spiro atoms. The van der Waals surface area contributed by atoms with Crippen LogP contribution in [0.4, 0.5) is 0 Å². The van der Waals surface area contributed by atoms with Crippen LogP contribution >= 0.6 is 0 Å². The third-order valence-corrected chi connectivity index (χ3v) is 2.24. The minimum atomic E-state index is -3.35. The average molecular weight is 192 g/mol. The van der Waals surface area contributed by atoms with Crippen LogP contribution in [0.25, 0.3) is 0 Å². The van der Waals surface area contributed by atoms with Gasteiger partial charge in [-0.3, -0.25) is 4.18 Å². The first-order valence-corrected chi connectivity index (χ1v) is 4.68. The van der Waals surface area contributed by atoms with E-state index < -0.39 is 10.1 Å². The Morgan fingerprint density at radius 3 is 2.45 bits per heavy atom. The Balaban J connectivity index is -0.000000405. The van der Waals surface area contributed by atoms with Crippen LogP contribution < -0.4 is 29.6 Å². The molecule has 0 aromatic heterocycles. The second-order valence-electron chi connectivity index (χ2n) is 1.81. The third kappa shape index (κ3) is 8.78. The van der Waals surface area contributed by atoms with Crippen molar-refractivity contribution in [1.82, 2.24) is 0 Å². The van der Waals surface area contributed by atoms with Crippen molar-refractivity contribution in [3.63, 3.8) is 0 Å². The van der Waals surface area contributed by atoms with Crippen LogP contribution in [-0.4, -0.2) is 32.5 Å². The number of hydrogen-bond acceptors (Lipinski definition) is 4. The van der Waals surface area contributed by atoms with Gasteiger partial charge in [-0.2, -0.15) is 8.42 Å². The first-order valence-electron chi connectivity index (χ1n) is 3.10. The first-order chi connectivity index (χ1) is 4.62. The summed E-state index contributed by atoms with van der Waals surface area (Å²) in [6.07, 6.45) is 0.535. The van der Waals surface area contributed by atoms with Gasteiger partial charge in [0.05, 0.1) is 19.0 Å². The van der Waals surface area contributed by atoms with E-state index in [1.807, 2.05) is 0 Å². The predicted molar refractivity (Wildman–Crippen MR) is 38.2 cm³/mol. The largest absolute Gasteiger partial charge is 1.00 e. The van der Waals surface area contributed by atoms with Gasteiger partial charge >= 0.3 is 29.6 Å². The normalized spacial score (nSPS) is 10.7. The maximum absolute atomic E-state index is 10.7. The minimum Gasteiger partial charge on any atom is -1.00 e. The zero-order chi connectivity index (χ0) is 8.04. The number of rotatable bonds is 5. The van der Waals surface area contributed by atoms with Gasteiger partial charge < -0.3 is 6.53 Å². The van der Waals surface area contributed by atoms with Crippen LogP contribution in [0.3, 0.4) is 0 Å². The van der Waals surface area contributed by atoms with Crippen molar-refractivity contribution in [2.24, 2.45) is 0 Å². The molecule has 0 fully saturated rings. The molecule has 0 amide bonds. The maximum atomic E-state index is 10.7. The molecule has 0 aliphatic carbocycles. The van der Waals surface area contributed by atoms with Crippen LogP contribution in [0.2, 0.25) is 0 Å². The van der Waals surface area contributed by atoms with Gasteiger partial charge in [0.1, 0.15) is 0 Å². The van der Waals surface area contributed by atoms with E-state index in [1.54, 1.807) is 6.92 Å². The zero-order valence-corrected chi connectivity index (χ0v) is 9.73. The Morgan fingerprint density at radius 1 is 1.55 bits per heavy atom. The summed E-state index contributed by atoms with van der Waals surface area (Å²) in [6.45, 7) is 1.35. The van der Waals surface area contributed by atoms with Crippen LogP contribution in [0.15, 0.2) is 0 Å². The molecule has 64 valence electrons. The topological polar surface area (TPSA) is 63.6 Å². The van der Waals surface area contributed by atoms with Crippen molar-refractivity contribution in [1.29, 1.82) is 0 Å². The summed E-state index contributed by atoms with van der Waals surface area (Å²) in [4.78, 5) is 0. The molecule has 0 unspecified atom stereocenters. The Kier molecular flexibility index (Phi) is 9.84. The molecule has 0 bridgehead atoms. The molecule has 0 saturated carbocycles. The van der Waals surface area contributed by atoms with Crippen LogP contribution in [-0.2, 0) is 14.3 Å². The van der Waals surface area contributed by atoms with Gasteiger partial charge in [0.25, 0.3) is 10.1 Å². The predicted octanol–water partition coefficient (Wildman–Crippen LogP) is -3.15. The Hall–Kier alpha value is 0.870. The Morgan fingerprint density at radius 2 is 2.09 bits per heavy atom. The number of aliphatic hydroxyl groups excluding tert-OH is 1. The maximum Gasteiger partial charge on any atom is 1.00 e. The molecule has 0 radical (unpaired) electrons. The molecule has 0 rings (SSSR count). The van der Waals surface area contributed by atoms with Gasteiger partial charge in [-0.1, -0.05) is 6.92 Å². The number of aliphatic hydroxyl groups is 1. The van der Waals surface area contributed by atoms with Crippen LogP contribution in [0.1, 0.15) is 14.8 Å². The van der Waals surface area contributed by atoms with E-state index in [9.17, 15) is 8.42 Å². The molecular formula is C5H13NaO4S. The van der Waals surface area contributed by atoms with Crippen molar-refractivity contribution in [3.05, 3.63) is 0 Å². The third-order valence-electron chi connectivity index (χ3n) is 0.808. The fourth-order valence-corrected chi connectivity index (χ4v) is 1.42. The molecule has 0 aliphatic heterocycles.